The first-order valence-electron chi connectivity index (χ1n) is 9.16. The van der Waals surface area contributed by atoms with E-state index in [1.54, 1.807) is 6.07 Å². The van der Waals surface area contributed by atoms with Crippen molar-refractivity contribution in [3.63, 3.8) is 0 Å². The highest BCUT2D eigenvalue weighted by Crippen LogP contribution is 2.33. The third-order valence-electron chi connectivity index (χ3n) is 5.01. The molecule has 3 aromatic carbocycles. The molecule has 0 saturated heterocycles. The van der Waals surface area contributed by atoms with E-state index in [0.717, 1.165) is 45.2 Å². The molecule has 0 spiro atoms. The highest BCUT2D eigenvalue weighted by atomic mass is 35.5. The van der Waals surface area contributed by atoms with Crippen LogP contribution in [0, 0.1) is 0 Å². The second-order valence-corrected chi connectivity index (χ2v) is 7.31. The number of carbonyl (C=O) groups excluding carboxylic acids is 1. The zero-order valence-electron chi connectivity index (χ0n) is 15.2. The second kappa shape index (κ2) is 7.09. The Kier molecular flexibility index (Phi) is 4.63. The largest absolute Gasteiger partial charge is 0.366 e. The zero-order valence-corrected chi connectivity index (χ0v) is 16.0. The van der Waals surface area contributed by atoms with Crippen molar-refractivity contribution < 1.29 is 4.79 Å². The van der Waals surface area contributed by atoms with E-state index in [4.69, 9.17) is 17.3 Å². The number of halogens is 1. The van der Waals surface area contributed by atoms with Crippen molar-refractivity contribution in [1.82, 2.24) is 4.57 Å². The van der Waals surface area contributed by atoms with E-state index in [9.17, 15) is 4.79 Å². The number of aryl methyl sites for hydroxylation is 1. The van der Waals surface area contributed by atoms with Crippen molar-refractivity contribution in [2.24, 2.45) is 5.73 Å². The van der Waals surface area contributed by atoms with Crippen LogP contribution in [0.2, 0.25) is 5.02 Å². The Morgan fingerprint density at radius 2 is 1.74 bits per heavy atom. The maximum absolute atomic E-state index is 12.0. The summed E-state index contributed by atoms with van der Waals surface area (Å²) in [6, 6.07) is 20.1. The molecule has 1 aromatic heterocycles. The topological polar surface area (TPSA) is 48.0 Å². The highest BCUT2D eigenvalue weighted by Gasteiger charge is 2.16. The first-order valence-corrected chi connectivity index (χ1v) is 9.54. The van der Waals surface area contributed by atoms with Crippen molar-refractivity contribution in [1.29, 1.82) is 0 Å². The van der Waals surface area contributed by atoms with E-state index in [2.05, 4.69) is 35.8 Å². The minimum atomic E-state index is -0.399. The number of benzene rings is 3. The van der Waals surface area contributed by atoms with Crippen LogP contribution in [-0.2, 0) is 13.0 Å². The van der Waals surface area contributed by atoms with Gasteiger partial charge in [-0.25, -0.2) is 0 Å². The van der Waals surface area contributed by atoms with Crippen LogP contribution in [0.1, 0.15) is 34.8 Å². The highest BCUT2D eigenvalue weighted by molar-refractivity contribution is 6.30. The number of nitrogens with two attached hydrogens (primary N) is 1. The number of amides is 1. The van der Waals surface area contributed by atoms with Gasteiger partial charge < -0.3 is 10.3 Å². The maximum atomic E-state index is 12.0. The molecule has 0 bridgehead atoms. The summed E-state index contributed by atoms with van der Waals surface area (Å²) < 4.78 is 2.26. The molecule has 0 fully saturated rings. The minimum Gasteiger partial charge on any atom is -0.366 e. The average Bonchev–Trinajstić information content (AvgIpc) is 2.97. The summed E-state index contributed by atoms with van der Waals surface area (Å²) >= 11 is 6.04. The summed E-state index contributed by atoms with van der Waals surface area (Å²) in [6.07, 6.45) is 2.12. The molecule has 136 valence electrons. The molecule has 0 saturated carbocycles. The van der Waals surface area contributed by atoms with E-state index >= 15 is 0 Å². The van der Waals surface area contributed by atoms with Gasteiger partial charge in [0.05, 0.1) is 5.52 Å². The lowest BCUT2D eigenvalue weighted by atomic mass is 10.0. The molecule has 0 unspecified atom stereocenters. The number of carbonyl (C=O) groups is 1. The van der Waals surface area contributed by atoms with E-state index in [1.807, 2.05) is 30.3 Å². The molecular weight excluding hydrogens is 356 g/mol. The Bertz CT molecular complexity index is 1140. The van der Waals surface area contributed by atoms with Crippen LogP contribution in [0.25, 0.3) is 21.8 Å². The third-order valence-corrected chi connectivity index (χ3v) is 5.27. The Morgan fingerprint density at radius 1 is 1.00 bits per heavy atom. The number of nitrogens with zero attached hydrogens (tertiary/aromatic N) is 1. The molecule has 0 aliphatic carbocycles. The molecule has 1 heterocycles. The zero-order chi connectivity index (χ0) is 19.0. The van der Waals surface area contributed by atoms with Gasteiger partial charge in [-0.2, -0.15) is 0 Å². The van der Waals surface area contributed by atoms with Crippen LogP contribution >= 0.6 is 11.6 Å². The predicted octanol–water partition coefficient (Wildman–Crippen LogP) is 5.55. The third kappa shape index (κ3) is 3.19. The summed E-state index contributed by atoms with van der Waals surface area (Å²) in [5.74, 6) is -0.399. The quantitative estimate of drug-likeness (QED) is 0.488. The van der Waals surface area contributed by atoms with E-state index in [1.165, 1.54) is 5.56 Å². The van der Waals surface area contributed by atoms with Gasteiger partial charge in [0.2, 0.25) is 5.91 Å². The Labute approximate surface area is 163 Å². The van der Waals surface area contributed by atoms with Gasteiger partial charge >= 0.3 is 0 Å². The number of hydrogen-bond acceptors (Lipinski definition) is 1. The summed E-state index contributed by atoms with van der Waals surface area (Å²) in [5, 5.41) is 2.72. The molecule has 0 aliphatic rings. The normalized spacial score (nSPS) is 11.3. The Balaban J connectivity index is 2.00. The number of fused-ring (bicyclic) bond motifs is 3. The van der Waals surface area contributed by atoms with Crippen molar-refractivity contribution in [2.75, 3.05) is 0 Å². The molecule has 3 nitrogen and oxygen atoms in total. The number of rotatable bonds is 5. The van der Waals surface area contributed by atoms with Gasteiger partial charge in [0, 0.05) is 33.4 Å². The number of hydrogen-bond donors (Lipinski definition) is 1. The van der Waals surface area contributed by atoms with Gasteiger partial charge in [-0.05, 0) is 47.9 Å². The van der Waals surface area contributed by atoms with Crippen LogP contribution in [0.4, 0.5) is 0 Å². The van der Waals surface area contributed by atoms with E-state index in [-0.39, 0.29) is 0 Å². The summed E-state index contributed by atoms with van der Waals surface area (Å²) in [7, 11) is 0. The standard InChI is InChI=1S/C23H21ClN2O/c1-2-4-15-9-12-18-21(13-15)26(14-16-7-10-17(24)11-8-16)20-6-3-5-19(22(18)20)23(25)27/h3,5-13H,2,4,14H2,1H3,(H2,25,27). The summed E-state index contributed by atoms with van der Waals surface area (Å²) in [4.78, 5) is 12.0. The molecule has 4 rings (SSSR count). The van der Waals surface area contributed by atoms with Crippen molar-refractivity contribution >= 4 is 39.3 Å². The van der Waals surface area contributed by atoms with Crippen LogP contribution in [0.3, 0.4) is 0 Å². The van der Waals surface area contributed by atoms with Gasteiger partial charge in [-0.1, -0.05) is 55.3 Å². The lowest BCUT2D eigenvalue weighted by Gasteiger charge is -2.09. The van der Waals surface area contributed by atoms with E-state index < -0.39 is 5.91 Å². The monoisotopic (exact) mass is 376 g/mol. The van der Waals surface area contributed by atoms with Crippen molar-refractivity contribution in [3.8, 4) is 0 Å². The second-order valence-electron chi connectivity index (χ2n) is 6.88. The molecule has 4 aromatic rings. The van der Waals surface area contributed by atoms with Crippen LogP contribution in [0.15, 0.2) is 60.7 Å². The fraction of sp³-hybridized carbons (Fsp3) is 0.174. The fourth-order valence-corrected chi connectivity index (χ4v) is 3.91. The molecule has 27 heavy (non-hydrogen) atoms. The smallest absolute Gasteiger partial charge is 0.249 e. The maximum Gasteiger partial charge on any atom is 0.249 e. The van der Waals surface area contributed by atoms with Gasteiger partial charge in [0.1, 0.15) is 0 Å². The molecule has 0 radical (unpaired) electrons. The number of aromatic nitrogens is 1. The first-order chi connectivity index (χ1) is 13.1. The van der Waals surface area contributed by atoms with Gasteiger partial charge in [-0.3, -0.25) is 4.79 Å². The molecule has 2 N–H and O–H groups in total. The lowest BCUT2D eigenvalue weighted by molar-refractivity contribution is 0.100. The fourth-order valence-electron chi connectivity index (χ4n) is 3.78. The number of primary amides is 1. The SMILES string of the molecule is CCCc1ccc2c3c(C(N)=O)cccc3n(Cc3ccc(Cl)cc3)c2c1. The van der Waals surface area contributed by atoms with E-state index in [0.29, 0.717) is 12.1 Å². The lowest BCUT2D eigenvalue weighted by Crippen LogP contribution is -2.11. The van der Waals surface area contributed by atoms with Gasteiger partial charge in [0.15, 0.2) is 0 Å². The van der Waals surface area contributed by atoms with Crippen LogP contribution < -0.4 is 5.73 Å². The Hall–Kier alpha value is -2.78. The molecule has 0 atom stereocenters. The summed E-state index contributed by atoms with van der Waals surface area (Å²) in [5.41, 5.74) is 10.8. The molecule has 0 aliphatic heterocycles. The summed E-state index contributed by atoms with van der Waals surface area (Å²) in [6.45, 7) is 2.88. The predicted molar refractivity (Wildman–Crippen MR) is 113 cm³/mol. The van der Waals surface area contributed by atoms with Crippen LogP contribution in [-0.4, -0.2) is 10.5 Å². The van der Waals surface area contributed by atoms with Crippen molar-refractivity contribution in [2.45, 2.75) is 26.3 Å². The van der Waals surface area contributed by atoms with Gasteiger partial charge in [-0.15, -0.1) is 0 Å². The minimum absolute atomic E-state index is 0.399. The molecule has 4 heteroatoms. The molecular formula is C23H21ClN2O. The first kappa shape index (κ1) is 17.6. The molecule has 1 amide bonds. The van der Waals surface area contributed by atoms with Crippen LogP contribution in [0.5, 0.6) is 0 Å². The Morgan fingerprint density at radius 3 is 2.44 bits per heavy atom. The average molecular weight is 377 g/mol. The van der Waals surface area contributed by atoms with Gasteiger partial charge in [0.25, 0.3) is 0 Å². The van der Waals surface area contributed by atoms with Crippen molar-refractivity contribution in [3.05, 3.63) is 82.4 Å².